The number of carboxylic acids is 1. The van der Waals surface area contributed by atoms with Crippen molar-refractivity contribution in [1.29, 1.82) is 0 Å². The molecule has 88 valence electrons. The summed E-state index contributed by atoms with van der Waals surface area (Å²) in [6.45, 7) is 8.99. The summed E-state index contributed by atoms with van der Waals surface area (Å²) in [5.74, 6) is -0.0905. The first-order valence-electron chi connectivity index (χ1n) is 5.60. The molecule has 0 aromatic carbocycles. The Labute approximate surface area is 95.3 Å². The lowest BCUT2D eigenvalue weighted by molar-refractivity contribution is -0.141. The summed E-state index contributed by atoms with van der Waals surface area (Å²) in [4.78, 5) is 15.5. The third kappa shape index (κ3) is 1.62. The summed E-state index contributed by atoms with van der Waals surface area (Å²) in [6, 6.07) is 0. The quantitative estimate of drug-likeness (QED) is 0.787. The lowest BCUT2D eigenvalue weighted by atomic mass is 9.91. The topological polar surface area (TPSA) is 55.1 Å². The molecule has 1 aliphatic heterocycles. The number of hydrogen-bond donors (Lipinski definition) is 1. The van der Waals surface area contributed by atoms with Crippen molar-refractivity contribution in [3.63, 3.8) is 0 Å². The molecule has 2 rings (SSSR count). The summed E-state index contributed by atoms with van der Waals surface area (Å²) in [7, 11) is 0. The van der Waals surface area contributed by atoms with Crippen molar-refractivity contribution in [2.45, 2.75) is 46.1 Å². The molecule has 0 bridgehead atoms. The molecular weight excluding hydrogens is 204 g/mol. The first kappa shape index (κ1) is 11.2. The van der Waals surface area contributed by atoms with E-state index >= 15 is 0 Å². The van der Waals surface area contributed by atoms with Gasteiger partial charge in [-0.3, -0.25) is 4.79 Å². The molecule has 0 amide bonds. The molecule has 0 fully saturated rings. The highest BCUT2D eigenvalue weighted by molar-refractivity contribution is 5.70. The van der Waals surface area contributed by atoms with Crippen LogP contribution in [0.2, 0.25) is 0 Å². The van der Waals surface area contributed by atoms with Crippen LogP contribution in [0.25, 0.3) is 0 Å². The van der Waals surface area contributed by atoms with Gasteiger partial charge in [0.25, 0.3) is 0 Å². The summed E-state index contributed by atoms with van der Waals surface area (Å²) in [5.41, 5.74) is 2.23. The summed E-state index contributed by atoms with van der Waals surface area (Å²) < 4.78 is 2.05. The average molecular weight is 222 g/mol. The Morgan fingerprint density at radius 2 is 2.12 bits per heavy atom. The monoisotopic (exact) mass is 222 g/mol. The molecular formula is C12H18N2O2. The third-order valence-corrected chi connectivity index (χ3v) is 3.19. The second-order valence-electron chi connectivity index (χ2n) is 5.56. The van der Waals surface area contributed by atoms with Gasteiger partial charge in [0.2, 0.25) is 0 Å². The van der Waals surface area contributed by atoms with Crippen molar-refractivity contribution in [2.75, 3.05) is 0 Å². The second-order valence-corrected chi connectivity index (χ2v) is 5.56. The van der Waals surface area contributed by atoms with E-state index in [9.17, 15) is 4.79 Å². The molecule has 1 unspecified atom stereocenters. The van der Waals surface area contributed by atoms with Gasteiger partial charge in [-0.1, -0.05) is 20.8 Å². The second kappa shape index (κ2) is 3.34. The summed E-state index contributed by atoms with van der Waals surface area (Å²) in [5, 5.41) is 8.98. The lowest BCUT2D eigenvalue weighted by Crippen LogP contribution is -2.18. The van der Waals surface area contributed by atoms with Crippen LogP contribution in [0, 0.1) is 12.8 Å². The van der Waals surface area contributed by atoms with Crippen LogP contribution < -0.4 is 0 Å². The van der Waals surface area contributed by atoms with Gasteiger partial charge >= 0.3 is 5.97 Å². The average Bonchev–Trinajstić information content (AvgIpc) is 2.64. The van der Waals surface area contributed by atoms with Gasteiger partial charge in [0.15, 0.2) is 0 Å². The lowest BCUT2D eigenvalue weighted by Gasteiger charge is -2.17. The first-order valence-corrected chi connectivity index (χ1v) is 5.60. The van der Waals surface area contributed by atoms with E-state index in [-0.39, 0.29) is 11.3 Å². The molecule has 0 radical (unpaired) electrons. The van der Waals surface area contributed by atoms with Crippen LogP contribution in [0.4, 0.5) is 0 Å². The maximum absolute atomic E-state index is 10.9. The van der Waals surface area contributed by atoms with Crippen molar-refractivity contribution in [3.8, 4) is 0 Å². The van der Waals surface area contributed by atoms with E-state index < -0.39 is 5.97 Å². The van der Waals surface area contributed by atoms with Gasteiger partial charge in [-0.15, -0.1) is 0 Å². The highest BCUT2D eigenvalue weighted by atomic mass is 16.4. The van der Waals surface area contributed by atoms with Crippen molar-refractivity contribution in [2.24, 2.45) is 5.92 Å². The van der Waals surface area contributed by atoms with Gasteiger partial charge < -0.3 is 9.67 Å². The van der Waals surface area contributed by atoms with Crippen LogP contribution in [0.3, 0.4) is 0 Å². The van der Waals surface area contributed by atoms with Crippen LogP contribution in [0.5, 0.6) is 0 Å². The Kier molecular flexibility index (Phi) is 2.33. The van der Waals surface area contributed by atoms with Crippen LogP contribution in [0.1, 0.15) is 38.0 Å². The third-order valence-electron chi connectivity index (χ3n) is 3.19. The Hall–Kier alpha value is -1.32. The number of rotatable bonds is 1. The van der Waals surface area contributed by atoms with E-state index in [2.05, 4.69) is 30.3 Å². The number of aliphatic carboxylic acids is 1. The van der Waals surface area contributed by atoms with E-state index in [0.717, 1.165) is 17.2 Å². The number of carbonyl (C=O) groups is 1. The van der Waals surface area contributed by atoms with Crippen LogP contribution in [-0.4, -0.2) is 20.6 Å². The zero-order valence-electron chi connectivity index (χ0n) is 10.2. The number of aromatic nitrogens is 2. The normalized spacial score (nSPS) is 19.9. The zero-order chi connectivity index (χ0) is 12.1. The molecule has 0 aliphatic carbocycles. The fraction of sp³-hybridized carbons (Fsp3) is 0.667. The molecule has 4 nitrogen and oxygen atoms in total. The molecule has 4 heteroatoms. The van der Waals surface area contributed by atoms with Crippen molar-refractivity contribution < 1.29 is 9.90 Å². The highest BCUT2D eigenvalue weighted by Gasteiger charge is 2.33. The molecule has 0 saturated carbocycles. The Bertz CT molecular complexity index is 441. The molecule has 16 heavy (non-hydrogen) atoms. The first-order chi connectivity index (χ1) is 7.30. The predicted molar refractivity (Wildman–Crippen MR) is 60.5 cm³/mol. The predicted octanol–water partition coefficient (Wildman–Crippen LogP) is 1.75. The van der Waals surface area contributed by atoms with Crippen LogP contribution in [-0.2, 0) is 23.2 Å². The van der Waals surface area contributed by atoms with Crippen LogP contribution >= 0.6 is 0 Å². The van der Waals surface area contributed by atoms with Gasteiger partial charge in [0, 0.05) is 24.1 Å². The molecule has 1 aromatic rings. The molecule has 0 spiro atoms. The maximum atomic E-state index is 10.9. The Morgan fingerprint density at radius 3 is 2.56 bits per heavy atom. The van der Waals surface area contributed by atoms with Gasteiger partial charge in [0.05, 0.1) is 11.6 Å². The van der Waals surface area contributed by atoms with E-state index in [0.29, 0.717) is 13.0 Å². The number of imidazole rings is 1. The van der Waals surface area contributed by atoms with Crippen molar-refractivity contribution >= 4 is 5.97 Å². The maximum Gasteiger partial charge on any atom is 0.308 e. The fourth-order valence-corrected chi connectivity index (χ4v) is 2.37. The zero-order valence-corrected chi connectivity index (χ0v) is 10.2. The minimum absolute atomic E-state index is 0.0279. The smallest absolute Gasteiger partial charge is 0.308 e. The number of nitrogens with zero attached hydrogens (tertiary/aromatic N) is 2. The number of fused-ring (bicyclic) bond motifs is 1. The molecule has 2 heterocycles. The van der Waals surface area contributed by atoms with Gasteiger partial charge in [-0.05, 0) is 6.92 Å². The molecule has 1 atom stereocenters. The van der Waals surface area contributed by atoms with Crippen molar-refractivity contribution in [1.82, 2.24) is 9.55 Å². The standard InChI is InChI=1S/C12H18N2O2/c1-7-10(12(2,3)4)13-9-5-8(11(15)16)6-14(7)9/h8H,5-6H2,1-4H3,(H,15,16). The number of carboxylic acid groups (broad SMARTS) is 1. The fourth-order valence-electron chi connectivity index (χ4n) is 2.37. The summed E-state index contributed by atoms with van der Waals surface area (Å²) in [6.07, 6.45) is 0.562. The molecule has 1 N–H and O–H groups in total. The Balaban J connectivity index is 2.36. The molecule has 0 saturated heterocycles. The van der Waals surface area contributed by atoms with E-state index in [1.54, 1.807) is 0 Å². The van der Waals surface area contributed by atoms with Gasteiger partial charge in [0.1, 0.15) is 5.82 Å². The Morgan fingerprint density at radius 1 is 1.50 bits per heavy atom. The molecule has 1 aliphatic rings. The number of hydrogen-bond acceptors (Lipinski definition) is 2. The SMILES string of the molecule is Cc1c(C(C)(C)C)nc2n1CC(C(=O)O)C2. The largest absolute Gasteiger partial charge is 0.481 e. The van der Waals surface area contributed by atoms with Gasteiger partial charge in [-0.25, -0.2) is 4.98 Å². The molecule has 1 aromatic heterocycles. The van der Waals surface area contributed by atoms with E-state index in [1.165, 1.54) is 0 Å². The van der Waals surface area contributed by atoms with E-state index in [1.807, 2.05) is 6.92 Å². The minimum atomic E-state index is -0.720. The minimum Gasteiger partial charge on any atom is -0.481 e. The van der Waals surface area contributed by atoms with Crippen molar-refractivity contribution in [3.05, 3.63) is 17.2 Å². The summed E-state index contributed by atoms with van der Waals surface area (Å²) >= 11 is 0. The van der Waals surface area contributed by atoms with E-state index in [4.69, 9.17) is 5.11 Å². The van der Waals surface area contributed by atoms with Crippen LogP contribution in [0.15, 0.2) is 0 Å². The van der Waals surface area contributed by atoms with Gasteiger partial charge in [-0.2, -0.15) is 0 Å². The highest BCUT2D eigenvalue weighted by Crippen LogP contribution is 2.30.